The Hall–Kier alpha value is -0.120. The Morgan fingerprint density at radius 1 is 1.21 bits per heavy atom. The third-order valence-electron chi connectivity index (χ3n) is 2.63. The topological polar surface area (TPSA) is 41.5 Å². The second kappa shape index (κ2) is 9.44. The first-order valence-corrected chi connectivity index (χ1v) is 5.55. The highest BCUT2D eigenvalue weighted by Gasteiger charge is 2.08. The summed E-state index contributed by atoms with van der Waals surface area (Å²) in [7, 11) is 1.74. The molecule has 0 fully saturated rings. The van der Waals surface area contributed by atoms with Crippen molar-refractivity contribution in [2.75, 3.05) is 26.9 Å². The molecule has 0 aromatic rings. The van der Waals surface area contributed by atoms with E-state index in [-0.39, 0.29) is 6.61 Å². The predicted molar refractivity (Wildman–Crippen MR) is 59.4 cm³/mol. The van der Waals surface area contributed by atoms with Crippen LogP contribution in [0.25, 0.3) is 0 Å². The summed E-state index contributed by atoms with van der Waals surface area (Å²) in [6, 6.07) is 0.405. The molecule has 0 saturated carbocycles. The molecule has 2 atom stereocenters. The van der Waals surface area contributed by atoms with Gasteiger partial charge in [-0.25, -0.2) is 0 Å². The van der Waals surface area contributed by atoms with Gasteiger partial charge in [-0.2, -0.15) is 0 Å². The van der Waals surface area contributed by atoms with Crippen LogP contribution >= 0.6 is 0 Å². The van der Waals surface area contributed by atoms with Crippen LogP contribution in [0.15, 0.2) is 0 Å². The van der Waals surface area contributed by atoms with Crippen molar-refractivity contribution < 1.29 is 9.84 Å². The molecule has 3 nitrogen and oxygen atoms in total. The highest BCUT2D eigenvalue weighted by Crippen LogP contribution is 2.01. The van der Waals surface area contributed by atoms with E-state index in [0.29, 0.717) is 12.0 Å². The van der Waals surface area contributed by atoms with Gasteiger partial charge in [0.05, 0.1) is 0 Å². The van der Waals surface area contributed by atoms with Crippen LogP contribution in [0.3, 0.4) is 0 Å². The van der Waals surface area contributed by atoms with Gasteiger partial charge in [-0.05, 0) is 38.6 Å². The molecule has 0 saturated heterocycles. The van der Waals surface area contributed by atoms with Crippen LogP contribution in [-0.4, -0.2) is 38.0 Å². The van der Waals surface area contributed by atoms with E-state index in [1.807, 2.05) is 0 Å². The monoisotopic (exact) mass is 203 g/mol. The Morgan fingerprint density at radius 2 is 1.93 bits per heavy atom. The summed E-state index contributed by atoms with van der Waals surface area (Å²) in [5.74, 6) is 0.342. The molecule has 86 valence electrons. The first-order valence-electron chi connectivity index (χ1n) is 5.55. The van der Waals surface area contributed by atoms with Crippen LogP contribution in [0, 0.1) is 5.92 Å². The minimum Gasteiger partial charge on any atom is -0.396 e. The molecule has 0 radical (unpaired) electrons. The Labute approximate surface area is 87.8 Å². The van der Waals surface area contributed by atoms with Crippen LogP contribution in [0.4, 0.5) is 0 Å². The normalized spacial score (nSPS) is 15.4. The molecule has 2 unspecified atom stereocenters. The average molecular weight is 203 g/mol. The van der Waals surface area contributed by atoms with Gasteiger partial charge in [0.25, 0.3) is 0 Å². The Kier molecular flexibility index (Phi) is 9.35. The maximum absolute atomic E-state index is 8.92. The molecule has 0 aromatic carbocycles. The smallest absolute Gasteiger partial charge is 0.0471 e. The van der Waals surface area contributed by atoms with Gasteiger partial charge in [0.2, 0.25) is 0 Å². The number of ether oxygens (including phenoxy) is 1. The van der Waals surface area contributed by atoms with Crippen LogP contribution < -0.4 is 5.32 Å². The van der Waals surface area contributed by atoms with Gasteiger partial charge in [-0.15, -0.1) is 0 Å². The molecular weight excluding hydrogens is 178 g/mol. The standard InChI is InChI=1S/C11H25NO2/c1-10(9-13)11(2)12-7-5-4-6-8-14-3/h10-13H,4-9H2,1-3H3. The van der Waals surface area contributed by atoms with Crippen molar-refractivity contribution in [3.05, 3.63) is 0 Å². The van der Waals surface area contributed by atoms with Crippen LogP contribution in [0.1, 0.15) is 33.1 Å². The Morgan fingerprint density at radius 3 is 2.50 bits per heavy atom. The lowest BCUT2D eigenvalue weighted by Crippen LogP contribution is -2.34. The van der Waals surface area contributed by atoms with E-state index >= 15 is 0 Å². The van der Waals surface area contributed by atoms with E-state index < -0.39 is 0 Å². The minimum atomic E-state index is 0.262. The zero-order valence-electron chi connectivity index (χ0n) is 9.75. The molecule has 0 amide bonds. The van der Waals surface area contributed by atoms with Crippen molar-refractivity contribution in [1.29, 1.82) is 0 Å². The van der Waals surface area contributed by atoms with Gasteiger partial charge < -0.3 is 15.2 Å². The van der Waals surface area contributed by atoms with Crippen molar-refractivity contribution in [1.82, 2.24) is 5.32 Å². The summed E-state index contributed by atoms with van der Waals surface area (Å²) in [6.45, 7) is 6.34. The summed E-state index contributed by atoms with van der Waals surface area (Å²) in [5, 5.41) is 12.3. The van der Waals surface area contributed by atoms with Crippen molar-refractivity contribution in [2.45, 2.75) is 39.2 Å². The van der Waals surface area contributed by atoms with Crippen molar-refractivity contribution in [2.24, 2.45) is 5.92 Å². The Balaban J connectivity index is 3.18. The fraction of sp³-hybridized carbons (Fsp3) is 1.00. The van der Waals surface area contributed by atoms with Gasteiger partial charge in [-0.3, -0.25) is 0 Å². The number of aliphatic hydroxyl groups excluding tert-OH is 1. The van der Waals surface area contributed by atoms with Crippen LogP contribution in [-0.2, 0) is 4.74 Å². The maximum Gasteiger partial charge on any atom is 0.0471 e. The molecule has 0 spiro atoms. The second-order valence-electron chi connectivity index (χ2n) is 3.96. The fourth-order valence-electron chi connectivity index (χ4n) is 1.24. The lowest BCUT2D eigenvalue weighted by atomic mass is 10.1. The van der Waals surface area contributed by atoms with Gasteiger partial charge in [-0.1, -0.05) is 6.92 Å². The quantitative estimate of drug-likeness (QED) is 0.557. The summed E-state index contributed by atoms with van der Waals surface area (Å²) in [5.41, 5.74) is 0. The summed E-state index contributed by atoms with van der Waals surface area (Å²) < 4.78 is 4.97. The van der Waals surface area contributed by atoms with E-state index in [1.54, 1.807) is 7.11 Å². The summed E-state index contributed by atoms with van der Waals surface area (Å²) >= 11 is 0. The largest absolute Gasteiger partial charge is 0.396 e. The van der Waals surface area contributed by atoms with E-state index in [2.05, 4.69) is 19.2 Å². The molecule has 0 aliphatic rings. The number of aliphatic hydroxyl groups is 1. The molecule has 14 heavy (non-hydrogen) atoms. The number of nitrogens with one attached hydrogen (secondary N) is 1. The molecule has 0 aliphatic carbocycles. The molecule has 3 heteroatoms. The van der Waals surface area contributed by atoms with Gasteiger partial charge >= 0.3 is 0 Å². The number of hydrogen-bond donors (Lipinski definition) is 2. The first kappa shape index (κ1) is 13.9. The summed E-state index contributed by atoms with van der Waals surface area (Å²) in [4.78, 5) is 0. The first-order chi connectivity index (χ1) is 6.72. The highest BCUT2D eigenvalue weighted by molar-refractivity contribution is 4.66. The molecule has 0 heterocycles. The van der Waals surface area contributed by atoms with E-state index in [0.717, 1.165) is 19.6 Å². The van der Waals surface area contributed by atoms with Crippen molar-refractivity contribution >= 4 is 0 Å². The number of hydrogen-bond acceptors (Lipinski definition) is 3. The van der Waals surface area contributed by atoms with Crippen molar-refractivity contribution in [3.63, 3.8) is 0 Å². The van der Waals surface area contributed by atoms with Crippen molar-refractivity contribution in [3.8, 4) is 0 Å². The van der Waals surface area contributed by atoms with Crippen LogP contribution in [0.5, 0.6) is 0 Å². The second-order valence-corrected chi connectivity index (χ2v) is 3.96. The zero-order valence-corrected chi connectivity index (χ0v) is 9.75. The lowest BCUT2D eigenvalue weighted by molar-refractivity contribution is 0.190. The third kappa shape index (κ3) is 7.30. The van der Waals surface area contributed by atoms with E-state index in [1.165, 1.54) is 12.8 Å². The Bertz CT molecular complexity index is 120. The van der Waals surface area contributed by atoms with E-state index in [9.17, 15) is 0 Å². The molecule has 0 rings (SSSR count). The molecular formula is C11H25NO2. The fourth-order valence-corrected chi connectivity index (χ4v) is 1.24. The number of unbranched alkanes of at least 4 members (excludes halogenated alkanes) is 2. The molecule has 2 N–H and O–H groups in total. The van der Waals surface area contributed by atoms with Gasteiger partial charge in [0, 0.05) is 26.4 Å². The predicted octanol–water partition coefficient (Wildman–Crippen LogP) is 1.41. The average Bonchev–Trinajstić information content (AvgIpc) is 2.21. The maximum atomic E-state index is 8.92. The van der Waals surface area contributed by atoms with Gasteiger partial charge in [0.1, 0.15) is 0 Å². The minimum absolute atomic E-state index is 0.262. The third-order valence-corrected chi connectivity index (χ3v) is 2.63. The number of rotatable bonds is 9. The SMILES string of the molecule is COCCCCCNC(C)C(C)CO. The molecule has 0 bridgehead atoms. The molecule has 0 aromatic heterocycles. The number of methoxy groups -OCH3 is 1. The van der Waals surface area contributed by atoms with Crippen LogP contribution in [0.2, 0.25) is 0 Å². The van der Waals surface area contributed by atoms with Gasteiger partial charge in [0.15, 0.2) is 0 Å². The molecule has 0 aliphatic heterocycles. The lowest BCUT2D eigenvalue weighted by Gasteiger charge is -2.19. The highest BCUT2D eigenvalue weighted by atomic mass is 16.5. The summed E-state index contributed by atoms with van der Waals surface area (Å²) in [6.07, 6.45) is 3.54. The van der Waals surface area contributed by atoms with E-state index in [4.69, 9.17) is 9.84 Å². The zero-order chi connectivity index (χ0) is 10.8.